The summed E-state index contributed by atoms with van der Waals surface area (Å²) in [6, 6.07) is 5.57. The zero-order valence-electron chi connectivity index (χ0n) is 13.7. The summed E-state index contributed by atoms with van der Waals surface area (Å²) in [5, 5.41) is 7.02. The Morgan fingerprint density at radius 3 is 2.57 bits per heavy atom. The first kappa shape index (κ1) is 19.1. The lowest BCUT2D eigenvalue weighted by atomic mass is 9.94. The van der Waals surface area contributed by atoms with Crippen molar-refractivity contribution in [1.82, 2.24) is 20.1 Å². The normalized spacial score (nSPS) is 11.0. The minimum Gasteiger partial charge on any atom is -0.350 e. The van der Waals surface area contributed by atoms with E-state index in [1.54, 1.807) is 17.1 Å². The van der Waals surface area contributed by atoms with E-state index in [0.717, 1.165) is 24.1 Å². The number of rotatable bonds is 6. The second kappa shape index (κ2) is 8.08. The van der Waals surface area contributed by atoms with Crippen LogP contribution in [0.25, 0.3) is 5.69 Å². The summed E-state index contributed by atoms with van der Waals surface area (Å²) in [6.45, 7) is 6.45. The maximum atomic E-state index is 12.3. The van der Waals surface area contributed by atoms with Crippen LogP contribution in [0.4, 0.5) is 0 Å². The van der Waals surface area contributed by atoms with Gasteiger partial charge in [0.05, 0.1) is 5.69 Å². The predicted octanol–water partition coefficient (Wildman–Crippen LogP) is 2.24. The van der Waals surface area contributed by atoms with E-state index in [2.05, 4.69) is 15.4 Å². The third kappa shape index (κ3) is 4.53. The molecule has 0 atom stereocenters. The molecule has 1 amide bonds. The van der Waals surface area contributed by atoms with E-state index in [4.69, 9.17) is 5.73 Å². The van der Waals surface area contributed by atoms with Crippen molar-refractivity contribution in [3.63, 3.8) is 0 Å². The van der Waals surface area contributed by atoms with E-state index >= 15 is 0 Å². The molecule has 3 N–H and O–H groups in total. The van der Waals surface area contributed by atoms with Crippen molar-refractivity contribution in [2.45, 2.75) is 39.2 Å². The van der Waals surface area contributed by atoms with Gasteiger partial charge in [-0.25, -0.2) is 9.67 Å². The Hall–Kier alpha value is -1.92. The van der Waals surface area contributed by atoms with Gasteiger partial charge in [-0.3, -0.25) is 4.79 Å². The molecule has 1 heterocycles. The molecule has 0 radical (unpaired) electrons. The van der Waals surface area contributed by atoms with Crippen molar-refractivity contribution < 1.29 is 4.79 Å². The molecule has 1 aromatic carbocycles. The van der Waals surface area contributed by atoms with Crippen LogP contribution in [0.5, 0.6) is 0 Å². The van der Waals surface area contributed by atoms with E-state index in [-0.39, 0.29) is 23.9 Å². The Labute approximate surface area is 142 Å². The van der Waals surface area contributed by atoms with Gasteiger partial charge in [0.25, 0.3) is 5.91 Å². The van der Waals surface area contributed by atoms with Gasteiger partial charge in [0.1, 0.15) is 12.7 Å². The molecule has 0 bridgehead atoms. The van der Waals surface area contributed by atoms with Gasteiger partial charge in [0.2, 0.25) is 0 Å². The molecule has 23 heavy (non-hydrogen) atoms. The van der Waals surface area contributed by atoms with Crippen LogP contribution in [0.3, 0.4) is 0 Å². The van der Waals surface area contributed by atoms with Gasteiger partial charge < -0.3 is 11.1 Å². The van der Waals surface area contributed by atoms with Crippen LogP contribution in [0.2, 0.25) is 0 Å². The monoisotopic (exact) mass is 337 g/mol. The van der Waals surface area contributed by atoms with E-state index in [0.29, 0.717) is 12.1 Å². The second-order valence-electron chi connectivity index (χ2n) is 5.59. The number of carbonyl (C=O) groups is 1. The number of nitrogens with one attached hydrogen (secondary N) is 1. The fraction of sp³-hybridized carbons (Fsp3) is 0.438. The number of benzene rings is 1. The number of nitrogens with zero attached hydrogens (tertiary/aromatic N) is 3. The molecular weight excluding hydrogens is 314 g/mol. The average Bonchev–Trinajstić information content (AvgIpc) is 3.06. The van der Waals surface area contributed by atoms with Gasteiger partial charge in [-0.05, 0) is 43.5 Å². The lowest BCUT2D eigenvalue weighted by molar-refractivity contribution is 0.0941. The van der Waals surface area contributed by atoms with Gasteiger partial charge in [-0.15, -0.1) is 12.4 Å². The molecule has 0 spiro atoms. The van der Waals surface area contributed by atoms with Crippen LogP contribution in [0.15, 0.2) is 30.9 Å². The summed E-state index contributed by atoms with van der Waals surface area (Å²) in [4.78, 5) is 16.3. The highest BCUT2D eigenvalue weighted by Gasteiger charge is 2.21. The summed E-state index contributed by atoms with van der Waals surface area (Å²) in [5.74, 6) is -0.0978. The number of nitrogens with two attached hydrogens (primary N) is 1. The molecular formula is C16H24ClN5O. The molecule has 0 saturated carbocycles. The molecule has 0 saturated heterocycles. The zero-order valence-corrected chi connectivity index (χ0v) is 14.6. The fourth-order valence-corrected chi connectivity index (χ4v) is 2.24. The highest BCUT2D eigenvalue weighted by atomic mass is 35.5. The fourth-order valence-electron chi connectivity index (χ4n) is 2.24. The number of aromatic nitrogens is 3. The Kier molecular flexibility index (Phi) is 6.72. The molecule has 2 aromatic rings. The minimum absolute atomic E-state index is 0. The summed E-state index contributed by atoms with van der Waals surface area (Å²) >= 11 is 0. The number of carbonyl (C=O) groups excluding carboxylic acids is 1. The number of aryl methyl sites for hydroxylation is 1. The highest BCUT2D eigenvalue weighted by molar-refractivity contribution is 5.95. The number of hydrogen-bond donors (Lipinski definition) is 2. The van der Waals surface area contributed by atoms with E-state index in [1.165, 1.54) is 6.33 Å². The van der Waals surface area contributed by atoms with Crippen LogP contribution in [-0.4, -0.2) is 32.8 Å². The summed E-state index contributed by atoms with van der Waals surface area (Å²) in [6.07, 6.45) is 4.76. The Balaban J connectivity index is 0.00000264. The molecule has 0 aliphatic heterocycles. The molecule has 126 valence electrons. The first-order valence-corrected chi connectivity index (χ1v) is 7.52. The second-order valence-corrected chi connectivity index (χ2v) is 5.59. The van der Waals surface area contributed by atoms with Gasteiger partial charge in [0, 0.05) is 17.6 Å². The molecule has 2 rings (SSSR count). The van der Waals surface area contributed by atoms with Crippen molar-refractivity contribution >= 4 is 18.3 Å². The van der Waals surface area contributed by atoms with Crippen LogP contribution in [0, 0.1) is 6.92 Å². The van der Waals surface area contributed by atoms with Crippen LogP contribution >= 0.6 is 12.4 Å². The molecule has 0 unspecified atom stereocenters. The molecule has 0 aliphatic carbocycles. The van der Waals surface area contributed by atoms with Gasteiger partial charge in [-0.1, -0.05) is 13.8 Å². The first-order valence-electron chi connectivity index (χ1n) is 7.52. The molecule has 1 aromatic heterocycles. The Morgan fingerprint density at radius 1 is 1.35 bits per heavy atom. The maximum absolute atomic E-state index is 12.3. The van der Waals surface area contributed by atoms with Crippen LogP contribution in [0.1, 0.15) is 42.6 Å². The number of hydrogen-bond acceptors (Lipinski definition) is 4. The number of halogens is 1. The van der Waals surface area contributed by atoms with Gasteiger partial charge in [0.15, 0.2) is 0 Å². The van der Waals surface area contributed by atoms with Crippen LogP contribution < -0.4 is 11.1 Å². The number of amides is 1. The van der Waals surface area contributed by atoms with Crippen molar-refractivity contribution in [2.75, 3.05) is 6.54 Å². The highest BCUT2D eigenvalue weighted by Crippen LogP contribution is 2.15. The van der Waals surface area contributed by atoms with E-state index < -0.39 is 0 Å². The van der Waals surface area contributed by atoms with E-state index in [9.17, 15) is 4.79 Å². The van der Waals surface area contributed by atoms with Crippen molar-refractivity contribution in [3.8, 4) is 5.69 Å². The van der Waals surface area contributed by atoms with Crippen LogP contribution in [-0.2, 0) is 0 Å². The summed E-state index contributed by atoms with van der Waals surface area (Å²) in [7, 11) is 0. The van der Waals surface area contributed by atoms with Gasteiger partial charge in [-0.2, -0.15) is 5.10 Å². The third-order valence-electron chi connectivity index (χ3n) is 4.15. The summed E-state index contributed by atoms with van der Waals surface area (Å²) in [5.41, 5.74) is 8.29. The van der Waals surface area contributed by atoms with E-state index in [1.807, 2.05) is 32.9 Å². The SMILES string of the molecule is CCC(N)(CC)CNC(=O)c1ccc(-n2cncn2)cc1C.Cl. The summed E-state index contributed by atoms with van der Waals surface area (Å²) < 4.78 is 1.66. The molecule has 6 nitrogen and oxygen atoms in total. The first-order chi connectivity index (χ1) is 10.5. The quantitative estimate of drug-likeness (QED) is 0.846. The van der Waals surface area contributed by atoms with Gasteiger partial charge >= 0.3 is 0 Å². The maximum Gasteiger partial charge on any atom is 0.251 e. The minimum atomic E-state index is -0.343. The van der Waals surface area contributed by atoms with Crippen molar-refractivity contribution in [3.05, 3.63) is 42.0 Å². The molecule has 7 heteroatoms. The third-order valence-corrected chi connectivity index (χ3v) is 4.15. The topological polar surface area (TPSA) is 85.8 Å². The predicted molar refractivity (Wildman–Crippen MR) is 93.2 cm³/mol. The smallest absolute Gasteiger partial charge is 0.251 e. The molecule has 0 fully saturated rings. The average molecular weight is 338 g/mol. The Morgan fingerprint density at radius 2 is 2.04 bits per heavy atom. The van der Waals surface area contributed by atoms with Crippen molar-refractivity contribution in [1.29, 1.82) is 0 Å². The molecule has 0 aliphatic rings. The Bertz CT molecular complexity index is 638. The standard InChI is InChI=1S/C16H23N5O.ClH/c1-4-16(17,5-2)9-19-15(22)14-7-6-13(8-12(14)3)21-11-18-10-20-21;/h6-8,10-11H,4-5,9,17H2,1-3H3,(H,19,22);1H. The zero-order chi connectivity index (χ0) is 16.2. The van der Waals surface area contributed by atoms with Crippen molar-refractivity contribution in [2.24, 2.45) is 5.73 Å². The largest absolute Gasteiger partial charge is 0.350 e. The lowest BCUT2D eigenvalue weighted by Crippen LogP contribution is -2.49. The lowest BCUT2D eigenvalue weighted by Gasteiger charge is -2.27.